The van der Waals surface area contributed by atoms with Crippen LogP contribution in [0.3, 0.4) is 0 Å². The van der Waals surface area contributed by atoms with Crippen molar-refractivity contribution in [2.45, 2.75) is 19.3 Å². The van der Waals surface area contributed by atoms with Gasteiger partial charge in [0.15, 0.2) is 0 Å². The van der Waals surface area contributed by atoms with Crippen LogP contribution in [0, 0.1) is 5.92 Å². The monoisotopic (exact) mass is 218 g/mol. The minimum absolute atomic E-state index is 0.828. The zero-order valence-electron chi connectivity index (χ0n) is 9.06. The normalized spacial score (nSPS) is 24.1. The van der Waals surface area contributed by atoms with E-state index in [4.69, 9.17) is 0 Å². The summed E-state index contributed by atoms with van der Waals surface area (Å²) in [5.41, 5.74) is 1.48. The lowest BCUT2D eigenvalue weighted by molar-refractivity contribution is 0.598. The Morgan fingerprint density at radius 3 is 2.87 bits per heavy atom. The molecule has 0 fully saturated rings. The third kappa shape index (κ3) is 3.75. The molecule has 0 amide bonds. The predicted molar refractivity (Wildman–Crippen MR) is 69.3 cm³/mol. The summed E-state index contributed by atoms with van der Waals surface area (Å²) < 4.78 is 0. The van der Waals surface area contributed by atoms with Crippen LogP contribution >= 0.6 is 11.8 Å². The standard InChI is InChI=1S/C14H18S/c1-3-7-13(8-4-1)11-14-9-5-2-6-10-15-12-14/h1-5,7-8,14H,6,9-12H2/b5-2-. The summed E-state index contributed by atoms with van der Waals surface area (Å²) in [4.78, 5) is 0. The van der Waals surface area contributed by atoms with Crippen LogP contribution in [-0.4, -0.2) is 11.5 Å². The van der Waals surface area contributed by atoms with Gasteiger partial charge in [-0.2, -0.15) is 11.8 Å². The van der Waals surface area contributed by atoms with Gasteiger partial charge in [0.1, 0.15) is 0 Å². The molecule has 80 valence electrons. The SMILES string of the molecule is C1=C\CC(Cc2ccccc2)CSCC/1. The minimum atomic E-state index is 0.828. The second kappa shape index (κ2) is 6.02. The van der Waals surface area contributed by atoms with Crippen LogP contribution in [0.5, 0.6) is 0 Å². The summed E-state index contributed by atoms with van der Waals surface area (Å²) in [6, 6.07) is 10.9. The van der Waals surface area contributed by atoms with Gasteiger partial charge in [-0.3, -0.25) is 0 Å². The smallest absolute Gasteiger partial charge is 0.00328 e. The first-order chi connectivity index (χ1) is 7.45. The molecule has 1 aromatic carbocycles. The Morgan fingerprint density at radius 2 is 2.00 bits per heavy atom. The highest BCUT2D eigenvalue weighted by Crippen LogP contribution is 2.21. The van der Waals surface area contributed by atoms with Gasteiger partial charge in [-0.15, -0.1) is 0 Å². The van der Waals surface area contributed by atoms with E-state index in [0.29, 0.717) is 0 Å². The third-order valence-corrected chi connectivity index (χ3v) is 4.02. The van der Waals surface area contributed by atoms with E-state index in [2.05, 4.69) is 54.2 Å². The fraction of sp³-hybridized carbons (Fsp3) is 0.429. The highest BCUT2D eigenvalue weighted by Gasteiger charge is 2.09. The highest BCUT2D eigenvalue weighted by molar-refractivity contribution is 7.99. The van der Waals surface area contributed by atoms with E-state index in [0.717, 1.165) is 5.92 Å². The average Bonchev–Trinajstić information content (AvgIpc) is 2.23. The van der Waals surface area contributed by atoms with Crippen molar-refractivity contribution in [3.8, 4) is 0 Å². The number of benzene rings is 1. The van der Waals surface area contributed by atoms with Crippen LogP contribution in [0.25, 0.3) is 0 Å². The molecule has 0 nitrogen and oxygen atoms in total. The quantitative estimate of drug-likeness (QED) is 0.678. The maximum Gasteiger partial charge on any atom is -0.00328 e. The van der Waals surface area contributed by atoms with Crippen LogP contribution in [0.1, 0.15) is 18.4 Å². The molecule has 2 rings (SSSR count). The predicted octanol–water partition coefficient (Wildman–Crippen LogP) is 3.93. The number of hydrogen-bond acceptors (Lipinski definition) is 1. The molecule has 0 saturated carbocycles. The Bertz CT molecular complexity index is 302. The van der Waals surface area contributed by atoms with E-state index in [9.17, 15) is 0 Å². The summed E-state index contributed by atoms with van der Waals surface area (Å²) in [6.07, 6.45) is 8.44. The van der Waals surface area contributed by atoms with Crippen LogP contribution in [0.4, 0.5) is 0 Å². The first-order valence-electron chi connectivity index (χ1n) is 5.72. The molecule has 15 heavy (non-hydrogen) atoms. The van der Waals surface area contributed by atoms with Crippen molar-refractivity contribution in [1.82, 2.24) is 0 Å². The van der Waals surface area contributed by atoms with Crippen molar-refractivity contribution in [3.05, 3.63) is 48.0 Å². The van der Waals surface area contributed by atoms with Crippen LogP contribution < -0.4 is 0 Å². The van der Waals surface area contributed by atoms with Gasteiger partial charge in [-0.05, 0) is 42.2 Å². The molecule has 0 radical (unpaired) electrons. The lowest BCUT2D eigenvalue weighted by Gasteiger charge is -2.16. The second-order valence-corrected chi connectivity index (χ2v) is 5.28. The maximum atomic E-state index is 2.37. The molecule has 1 heterocycles. The van der Waals surface area contributed by atoms with Gasteiger partial charge < -0.3 is 0 Å². The zero-order valence-corrected chi connectivity index (χ0v) is 9.88. The van der Waals surface area contributed by atoms with Crippen molar-refractivity contribution in [2.24, 2.45) is 5.92 Å². The van der Waals surface area contributed by atoms with Crippen molar-refractivity contribution in [1.29, 1.82) is 0 Å². The summed E-state index contributed by atoms with van der Waals surface area (Å²) in [5.74, 6) is 3.44. The van der Waals surface area contributed by atoms with E-state index >= 15 is 0 Å². The molecule has 1 aromatic rings. The van der Waals surface area contributed by atoms with E-state index in [-0.39, 0.29) is 0 Å². The van der Waals surface area contributed by atoms with Gasteiger partial charge >= 0.3 is 0 Å². The number of allylic oxidation sites excluding steroid dienone is 2. The lowest BCUT2D eigenvalue weighted by atomic mass is 9.97. The fourth-order valence-corrected chi connectivity index (χ4v) is 3.02. The molecule has 1 heteroatoms. The van der Waals surface area contributed by atoms with Crippen molar-refractivity contribution in [2.75, 3.05) is 11.5 Å². The van der Waals surface area contributed by atoms with Gasteiger partial charge in [0, 0.05) is 0 Å². The summed E-state index contributed by atoms with van der Waals surface area (Å²) >= 11 is 2.11. The van der Waals surface area contributed by atoms with E-state index in [1.807, 2.05) is 0 Å². The minimum Gasteiger partial charge on any atom is -0.161 e. The zero-order chi connectivity index (χ0) is 10.3. The number of rotatable bonds is 2. The van der Waals surface area contributed by atoms with Gasteiger partial charge in [0.25, 0.3) is 0 Å². The Kier molecular flexibility index (Phi) is 4.34. The number of hydrogen-bond donors (Lipinski definition) is 0. The molecular weight excluding hydrogens is 200 g/mol. The van der Waals surface area contributed by atoms with Crippen molar-refractivity contribution in [3.63, 3.8) is 0 Å². The maximum absolute atomic E-state index is 2.37. The second-order valence-electron chi connectivity index (χ2n) is 4.13. The molecule has 1 unspecified atom stereocenters. The summed E-state index contributed by atoms with van der Waals surface area (Å²) in [7, 11) is 0. The average molecular weight is 218 g/mol. The van der Waals surface area contributed by atoms with Gasteiger partial charge in [-0.25, -0.2) is 0 Å². The number of thioether (sulfide) groups is 1. The molecule has 1 aliphatic rings. The Hall–Kier alpha value is -0.690. The molecule has 1 aliphatic heterocycles. The third-order valence-electron chi connectivity index (χ3n) is 2.79. The van der Waals surface area contributed by atoms with E-state index in [1.165, 1.54) is 36.3 Å². The van der Waals surface area contributed by atoms with Crippen LogP contribution in [-0.2, 0) is 6.42 Å². The highest BCUT2D eigenvalue weighted by atomic mass is 32.2. The Labute approximate surface area is 96.8 Å². The largest absolute Gasteiger partial charge is 0.161 e. The van der Waals surface area contributed by atoms with E-state index in [1.54, 1.807) is 0 Å². The first-order valence-corrected chi connectivity index (χ1v) is 6.87. The fourth-order valence-electron chi connectivity index (χ4n) is 1.97. The van der Waals surface area contributed by atoms with Crippen LogP contribution in [0.2, 0.25) is 0 Å². The van der Waals surface area contributed by atoms with Crippen LogP contribution in [0.15, 0.2) is 42.5 Å². The topological polar surface area (TPSA) is 0 Å². The van der Waals surface area contributed by atoms with Crippen molar-refractivity contribution < 1.29 is 0 Å². The molecule has 0 aromatic heterocycles. The Balaban J connectivity index is 1.92. The Morgan fingerprint density at radius 1 is 1.13 bits per heavy atom. The van der Waals surface area contributed by atoms with Crippen molar-refractivity contribution >= 4 is 11.8 Å². The van der Waals surface area contributed by atoms with Gasteiger partial charge in [0.05, 0.1) is 0 Å². The lowest BCUT2D eigenvalue weighted by Crippen LogP contribution is -2.08. The molecule has 0 spiro atoms. The van der Waals surface area contributed by atoms with E-state index < -0.39 is 0 Å². The summed E-state index contributed by atoms with van der Waals surface area (Å²) in [6.45, 7) is 0. The molecule has 0 saturated heterocycles. The molecule has 0 bridgehead atoms. The summed E-state index contributed by atoms with van der Waals surface area (Å²) in [5, 5.41) is 0. The van der Waals surface area contributed by atoms with Gasteiger partial charge in [-0.1, -0.05) is 42.5 Å². The molecule has 0 N–H and O–H groups in total. The molecular formula is C14H18S. The van der Waals surface area contributed by atoms with Gasteiger partial charge in [0.2, 0.25) is 0 Å². The molecule has 0 aliphatic carbocycles. The first kappa shape index (κ1) is 10.8. The molecule has 1 atom stereocenters.